The third-order valence-electron chi connectivity index (χ3n) is 2.96. The number of hydrogen-bond acceptors (Lipinski definition) is 3. The van der Waals surface area contributed by atoms with E-state index >= 15 is 0 Å². The number of hydrogen-bond donors (Lipinski definition) is 3. The highest BCUT2D eigenvalue weighted by Crippen LogP contribution is 2.06. The van der Waals surface area contributed by atoms with Crippen LogP contribution in [0.2, 0.25) is 0 Å². The summed E-state index contributed by atoms with van der Waals surface area (Å²) in [6.07, 6.45) is 7.37. The average molecular weight is 304 g/mol. The lowest BCUT2D eigenvalue weighted by atomic mass is 10.1. The van der Waals surface area contributed by atoms with Crippen molar-refractivity contribution in [1.82, 2.24) is 0 Å². The Morgan fingerprint density at radius 2 is 1.29 bits per heavy atom. The average Bonchev–Trinajstić information content (AvgIpc) is 2.40. The summed E-state index contributed by atoms with van der Waals surface area (Å²) in [6, 6.07) is 0. The molecule has 0 amide bonds. The fourth-order valence-corrected chi connectivity index (χ4v) is 1.52. The molecule has 0 aromatic heterocycles. The maximum absolute atomic E-state index is 10.1. The summed E-state index contributed by atoms with van der Waals surface area (Å²) in [4.78, 5) is 30.1. The van der Waals surface area contributed by atoms with Crippen molar-refractivity contribution in [2.75, 3.05) is 0 Å². The second kappa shape index (κ2) is 14.8. The monoisotopic (exact) mass is 304 g/mol. The highest BCUT2D eigenvalue weighted by molar-refractivity contribution is 5.71. The van der Waals surface area contributed by atoms with E-state index in [2.05, 4.69) is 6.92 Å². The van der Waals surface area contributed by atoms with Gasteiger partial charge in [0.25, 0.3) is 0 Å². The van der Waals surface area contributed by atoms with E-state index in [0.29, 0.717) is 6.42 Å². The lowest BCUT2D eigenvalue weighted by molar-refractivity contribution is -0.142. The zero-order chi connectivity index (χ0) is 16.7. The van der Waals surface area contributed by atoms with Crippen molar-refractivity contribution in [3.63, 3.8) is 0 Å². The number of carboxylic acids is 3. The van der Waals surface area contributed by atoms with Crippen LogP contribution in [0.15, 0.2) is 0 Å². The van der Waals surface area contributed by atoms with Gasteiger partial charge in [0.05, 0.1) is 5.92 Å². The lowest BCUT2D eigenvalue weighted by Gasteiger charge is -2.01. The Morgan fingerprint density at radius 3 is 1.71 bits per heavy atom. The lowest BCUT2D eigenvalue weighted by Crippen LogP contribution is -2.11. The van der Waals surface area contributed by atoms with Crippen molar-refractivity contribution < 1.29 is 29.7 Å². The van der Waals surface area contributed by atoms with Gasteiger partial charge >= 0.3 is 17.9 Å². The molecule has 0 radical (unpaired) electrons. The van der Waals surface area contributed by atoms with Crippen molar-refractivity contribution in [2.45, 2.75) is 71.6 Å². The van der Waals surface area contributed by atoms with Crippen molar-refractivity contribution in [3.05, 3.63) is 0 Å². The summed E-state index contributed by atoms with van der Waals surface area (Å²) < 4.78 is 0. The summed E-state index contributed by atoms with van der Waals surface area (Å²) >= 11 is 0. The molecular weight excluding hydrogens is 276 g/mol. The molecule has 0 bridgehead atoms. The molecule has 3 N–H and O–H groups in total. The first-order chi connectivity index (χ1) is 9.81. The van der Waals surface area contributed by atoms with Crippen LogP contribution in [0.1, 0.15) is 71.6 Å². The summed E-state index contributed by atoms with van der Waals surface area (Å²) in [7, 11) is 0. The minimum atomic E-state index is -0.951. The highest BCUT2D eigenvalue weighted by Gasteiger charge is 2.11. The van der Waals surface area contributed by atoms with Gasteiger partial charge in [0, 0.05) is 12.8 Å². The topological polar surface area (TPSA) is 112 Å². The smallest absolute Gasteiger partial charge is 0.306 e. The van der Waals surface area contributed by atoms with Gasteiger partial charge < -0.3 is 15.3 Å². The largest absolute Gasteiger partial charge is 0.481 e. The predicted octanol–water partition coefficient (Wildman–Crippen LogP) is 3.39. The molecule has 0 aliphatic rings. The number of rotatable bonds is 11. The predicted molar refractivity (Wildman–Crippen MR) is 79.3 cm³/mol. The molecule has 0 aromatic carbocycles. The maximum Gasteiger partial charge on any atom is 0.306 e. The van der Waals surface area contributed by atoms with E-state index in [1.165, 1.54) is 32.6 Å². The second-order valence-corrected chi connectivity index (χ2v) is 5.08. The molecular formula is C15H28O6. The first-order valence-corrected chi connectivity index (χ1v) is 7.47. The van der Waals surface area contributed by atoms with Gasteiger partial charge in [-0.2, -0.15) is 0 Å². The molecule has 6 heteroatoms. The quantitative estimate of drug-likeness (QED) is 0.504. The van der Waals surface area contributed by atoms with Crippen LogP contribution in [0.3, 0.4) is 0 Å². The Bertz CT molecular complexity index is 301. The molecule has 0 fully saturated rings. The molecule has 0 spiro atoms. The van der Waals surface area contributed by atoms with Crippen LogP contribution in [0, 0.1) is 5.92 Å². The summed E-state index contributed by atoms with van der Waals surface area (Å²) in [5, 5.41) is 24.8. The Hall–Kier alpha value is -1.59. The van der Waals surface area contributed by atoms with Crippen LogP contribution in [0.5, 0.6) is 0 Å². The fourth-order valence-electron chi connectivity index (χ4n) is 1.52. The van der Waals surface area contributed by atoms with Crippen molar-refractivity contribution in [3.8, 4) is 0 Å². The summed E-state index contributed by atoms with van der Waals surface area (Å²) in [5.74, 6) is -3.12. The van der Waals surface area contributed by atoms with Crippen LogP contribution >= 0.6 is 0 Å². The van der Waals surface area contributed by atoms with E-state index in [9.17, 15) is 14.4 Å². The first-order valence-electron chi connectivity index (χ1n) is 7.47. The van der Waals surface area contributed by atoms with E-state index in [-0.39, 0.29) is 12.8 Å². The van der Waals surface area contributed by atoms with E-state index in [1.54, 1.807) is 0 Å². The standard InChI is InChI=1S/C9H18O2.C6H10O4/c1-2-3-4-5-6-7-8-9(10)11;1-4(6(9)10)2-3-5(7)8/h2-8H2,1H3,(H,10,11);4H,2-3H2,1H3,(H,7,8)(H,9,10). The van der Waals surface area contributed by atoms with E-state index in [4.69, 9.17) is 15.3 Å². The van der Waals surface area contributed by atoms with E-state index in [0.717, 1.165) is 12.8 Å². The molecule has 1 unspecified atom stereocenters. The molecule has 0 saturated carbocycles. The number of carbonyl (C=O) groups is 3. The molecule has 0 aliphatic carbocycles. The second-order valence-electron chi connectivity index (χ2n) is 5.08. The molecule has 124 valence electrons. The third kappa shape index (κ3) is 20.9. The number of carboxylic acid groups (broad SMARTS) is 3. The highest BCUT2D eigenvalue weighted by atomic mass is 16.4. The van der Waals surface area contributed by atoms with Gasteiger partial charge in [0.15, 0.2) is 0 Å². The molecule has 0 rings (SSSR count). The van der Waals surface area contributed by atoms with E-state index < -0.39 is 23.8 Å². The zero-order valence-corrected chi connectivity index (χ0v) is 13.0. The number of unbranched alkanes of at least 4 members (excludes halogenated alkanes) is 5. The van der Waals surface area contributed by atoms with Crippen molar-refractivity contribution >= 4 is 17.9 Å². The van der Waals surface area contributed by atoms with Gasteiger partial charge in [0.1, 0.15) is 0 Å². The SMILES string of the molecule is CC(CCC(=O)O)C(=O)O.CCCCCCCCC(=O)O. The van der Waals surface area contributed by atoms with E-state index in [1.807, 2.05) is 0 Å². The Balaban J connectivity index is 0. The Morgan fingerprint density at radius 1 is 0.810 bits per heavy atom. The number of aliphatic carboxylic acids is 3. The van der Waals surface area contributed by atoms with Gasteiger partial charge in [-0.25, -0.2) is 0 Å². The van der Waals surface area contributed by atoms with Crippen LogP contribution in [0.4, 0.5) is 0 Å². The molecule has 0 aliphatic heterocycles. The first kappa shape index (κ1) is 21.7. The minimum absolute atomic E-state index is 0.0759. The van der Waals surface area contributed by atoms with Gasteiger partial charge in [0.2, 0.25) is 0 Å². The molecule has 21 heavy (non-hydrogen) atoms. The van der Waals surface area contributed by atoms with Crippen LogP contribution in [-0.4, -0.2) is 33.2 Å². The maximum atomic E-state index is 10.1. The zero-order valence-electron chi connectivity index (χ0n) is 13.0. The van der Waals surface area contributed by atoms with Gasteiger partial charge in [-0.05, 0) is 12.8 Å². The van der Waals surface area contributed by atoms with Gasteiger partial charge in [-0.15, -0.1) is 0 Å². The van der Waals surface area contributed by atoms with Crippen molar-refractivity contribution in [2.24, 2.45) is 5.92 Å². The summed E-state index contributed by atoms with van der Waals surface area (Å²) in [6.45, 7) is 3.67. The van der Waals surface area contributed by atoms with Crippen molar-refractivity contribution in [1.29, 1.82) is 0 Å². The van der Waals surface area contributed by atoms with Crippen LogP contribution in [-0.2, 0) is 14.4 Å². The fraction of sp³-hybridized carbons (Fsp3) is 0.800. The molecule has 6 nitrogen and oxygen atoms in total. The van der Waals surface area contributed by atoms with Gasteiger partial charge in [-0.3, -0.25) is 14.4 Å². The molecule has 0 saturated heterocycles. The van der Waals surface area contributed by atoms with Crippen LogP contribution < -0.4 is 0 Å². The Labute approximate surface area is 126 Å². The molecule has 1 atom stereocenters. The summed E-state index contributed by atoms with van der Waals surface area (Å²) in [5.41, 5.74) is 0. The van der Waals surface area contributed by atoms with Crippen LogP contribution in [0.25, 0.3) is 0 Å². The minimum Gasteiger partial charge on any atom is -0.481 e. The normalized spacial score (nSPS) is 11.1. The molecule has 0 heterocycles. The van der Waals surface area contributed by atoms with Gasteiger partial charge in [-0.1, -0.05) is 46.0 Å². The Kier molecular flexibility index (Phi) is 15.3. The third-order valence-corrected chi connectivity index (χ3v) is 2.96. The molecule has 0 aromatic rings.